The summed E-state index contributed by atoms with van der Waals surface area (Å²) in [7, 11) is 3.60. The van der Waals surface area contributed by atoms with Crippen LogP contribution in [0.1, 0.15) is 43.7 Å². The molecule has 3 heteroatoms. The molecule has 0 aliphatic carbocycles. The molecule has 0 aromatic heterocycles. The Morgan fingerprint density at radius 1 is 1.21 bits per heavy atom. The van der Waals surface area contributed by atoms with Crippen molar-refractivity contribution in [2.24, 2.45) is 0 Å². The highest BCUT2D eigenvalue weighted by atomic mass is 16.2. The second-order valence-electron chi connectivity index (χ2n) is 5.46. The monoisotopic (exact) mass is 262 g/mol. The minimum atomic E-state index is 0.197. The molecule has 0 saturated carbocycles. The Balaban J connectivity index is 2.21. The van der Waals surface area contributed by atoms with Crippen molar-refractivity contribution in [2.75, 3.05) is 20.6 Å². The third-order valence-corrected chi connectivity index (χ3v) is 3.22. The van der Waals surface area contributed by atoms with E-state index < -0.39 is 0 Å². The van der Waals surface area contributed by atoms with E-state index in [0.29, 0.717) is 12.3 Å². The maximum atomic E-state index is 11.4. The van der Waals surface area contributed by atoms with Gasteiger partial charge in [0.05, 0.1) is 0 Å². The molecular weight excluding hydrogens is 236 g/mol. The van der Waals surface area contributed by atoms with Crippen molar-refractivity contribution in [2.45, 2.75) is 39.2 Å². The van der Waals surface area contributed by atoms with Crippen LogP contribution in [0.15, 0.2) is 24.3 Å². The molecule has 1 rings (SSSR count). The molecule has 106 valence electrons. The largest absolute Gasteiger partial charge is 0.349 e. The first-order chi connectivity index (χ1) is 9.00. The fourth-order valence-electron chi connectivity index (χ4n) is 1.84. The smallest absolute Gasteiger partial charge is 0.222 e. The summed E-state index contributed by atoms with van der Waals surface area (Å²) in [6.07, 6.45) is 1.51. The molecule has 0 radical (unpaired) electrons. The van der Waals surface area contributed by atoms with Gasteiger partial charge in [-0.25, -0.2) is 0 Å². The van der Waals surface area contributed by atoms with Gasteiger partial charge in [-0.3, -0.25) is 4.79 Å². The standard InChI is InChI=1S/C16H26N2O/c1-13(2)15-9-7-14(8-10-15)12-17-11-5-6-16(19)18(3)4/h7-10,13,17H,5-6,11-12H2,1-4H3. The topological polar surface area (TPSA) is 32.3 Å². The molecule has 1 aromatic rings. The predicted molar refractivity (Wildman–Crippen MR) is 80.2 cm³/mol. The number of amides is 1. The predicted octanol–water partition coefficient (Wildman–Crippen LogP) is 2.77. The molecule has 0 aliphatic heterocycles. The van der Waals surface area contributed by atoms with Crippen LogP contribution in [-0.4, -0.2) is 31.4 Å². The van der Waals surface area contributed by atoms with Gasteiger partial charge in [-0.05, 0) is 30.0 Å². The number of hydrogen-bond acceptors (Lipinski definition) is 2. The maximum absolute atomic E-state index is 11.4. The summed E-state index contributed by atoms with van der Waals surface area (Å²) in [6.45, 7) is 6.16. The molecule has 0 fully saturated rings. The molecule has 0 spiro atoms. The lowest BCUT2D eigenvalue weighted by atomic mass is 10.0. The molecular formula is C16H26N2O. The summed E-state index contributed by atoms with van der Waals surface area (Å²) in [5, 5.41) is 3.37. The van der Waals surface area contributed by atoms with E-state index in [1.165, 1.54) is 11.1 Å². The van der Waals surface area contributed by atoms with Gasteiger partial charge < -0.3 is 10.2 Å². The van der Waals surface area contributed by atoms with Gasteiger partial charge in [-0.2, -0.15) is 0 Å². The van der Waals surface area contributed by atoms with E-state index in [0.717, 1.165) is 19.5 Å². The fraction of sp³-hybridized carbons (Fsp3) is 0.562. The zero-order valence-corrected chi connectivity index (χ0v) is 12.6. The summed E-state index contributed by atoms with van der Waals surface area (Å²) in [5.41, 5.74) is 2.67. The average Bonchev–Trinajstić information content (AvgIpc) is 2.38. The molecule has 0 atom stereocenters. The normalized spacial score (nSPS) is 10.8. The lowest BCUT2D eigenvalue weighted by Gasteiger charge is -2.10. The van der Waals surface area contributed by atoms with Crippen LogP contribution in [0.3, 0.4) is 0 Å². The Labute approximate surface area is 117 Å². The zero-order chi connectivity index (χ0) is 14.3. The van der Waals surface area contributed by atoms with Crippen LogP contribution in [-0.2, 0) is 11.3 Å². The van der Waals surface area contributed by atoms with Gasteiger partial charge in [0.2, 0.25) is 5.91 Å². The summed E-state index contributed by atoms with van der Waals surface area (Å²) in [5.74, 6) is 0.780. The SMILES string of the molecule is CC(C)c1ccc(CNCCCC(=O)N(C)C)cc1. The van der Waals surface area contributed by atoms with Gasteiger partial charge in [0.25, 0.3) is 0 Å². The second kappa shape index (κ2) is 7.95. The van der Waals surface area contributed by atoms with Crippen LogP contribution < -0.4 is 5.32 Å². The van der Waals surface area contributed by atoms with Crippen molar-refractivity contribution >= 4 is 5.91 Å². The highest BCUT2D eigenvalue weighted by molar-refractivity contribution is 5.75. The Morgan fingerprint density at radius 2 is 1.84 bits per heavy atom. The third-order valence-electron chi connectivity index (χ3n) is 3.22. The lowest BCUT2D eigenvalue weighted by molar-refractivity contribution is -0.128. The summed E-state index contributed by atoms with van der Waals surface area (Å²) >= 11 is 0. The molecule has 0 aliphatic rings. The van der Waals surface area contributed by atoms with Crippen molar-refractivity contribution < 1.29 is 4.79 Å². The molecule has 3 nitrogen and oxygen atoms in total. The number of rotatable bonds is 7. The first-order valence-corrected chi connectivity index (χ1v) is 7.00. The number of benzene rings is 1. The van der Waals surface area contributed by atoms with E-state index in [1.807, 2.05) is 0 Å². The van der Waals surface area contributed by atoms with Crippen LogP contribution in [0.25, 0.3) is 0 Å². The van der Waals surface area contributed by atoms with Gasteiger partial charge in [-0.15, -0.1) is 0 Å². The van der Waals surface area contributed by atoms with E-state index in [1.54, 1.807) is 19.0 Å². The minimum Gasteiger partial charge on any atom is -0.349 e. The summed E-state index contributed by atoms with van der Waals surface area (Å²) < 4.78 is 0. The van der Waals surface area contributed by atoms with Crippen molar-refractivity contribution in [1.82, 2.24) is 10.2 Å². The van der Waals surface area contributed by atoms with Crippen LogP contribution >= 0.6 is 0 Å². The zero-order valence-electron chi connectivity index (χ0n) is 12.6. The number of hydrogen-bond donors (Lipinski definition) is 1. The lowest BCUT2D eigenvalue weighted by Crippen LogP contribution is -2.23. The first-order valence-electron chi connectivity index (χ1n) is 7.00. The Hall–Kier alpha value is -1.35. The van der Waals surface area contributed by atoms with Crippen LogP contribution in [0.4, 0.5) is 0 Å². The van der Waals surface area contributed by atoms with Gasteiger partial charge >= 0.3 is 0 Å². The summed E-state index contributed by atoms with van der Waals surface area (Å²) in [4.78, 5) is 13.0. The van der Waals surface area contributed by atoms with E-state index in [4.69, 9.17) is 0 Å². The van der Waals surface area contributed by atoms with Crippen molar-refractivity contribution in [3.05, 3.63) is 35.4 Å². The summed E-state index contributed by atoms with van der Waals surface area (Å²) in [6, 6.07) is 8.73. The van der Waals surface area contributed by atoms with Crippen molar-refractivity contribution in [3.8, 4) is 0 Å². The van der Waals surface area contributed by atoms with Gasteiger partial charge in [0.15, 0.2) is 0 Å². The highest BCUT2D eigenvalue weighted by Gasteiger charge is 2.02. The molecule has 0 bridgehead atoms. The highest BCUT2D eigenvalue weighted by Crippen LogP contribution is 2.14. The van der Waals surface area contributed by atoms with Crippen LogP contribution in [0, 0.1) is 0 Å². The van der Waals surface area contributed by atoms with E-state index in [9.17, 15) is 4.79 Å². The number of nitrogens with zero attached hydrogens (tertiary/aromatic N) is 1. The molecule has 1 amide bonds. The Kier molecular flexibility index (Phi) is 6.57. The first kappa shape index (κ1) is 15.7. The molecule has 1 N–H and O–H groups in total. The maximum Gasteiger partial charge on any atom is 0.222 e. The number of nitrogens with one attached hydrogen (secondary N) is 1. The fourth-order valence-corrected chi connectivity index (χ4v) is 1.84. The van der Waals surface area contributed by atoms with Gasteiger partial charge in [0, 0.05) is 27.1 Å². The van der Waals surface area contributed by atoms with E-state index in [-0.39, 0.29) is 5.91 Å². The third kappa shape index (κ3) is 5.88. The second-order valence-corrected chi connectivity index (χ2v) is 5.46. The number of carbonyl (C=O) groups excluding carboxylic acids is 1. The molecule has 19 heavy (non-hydrogen) atoms. The number of carbonyl (C=O) groups is 1. The van der Waals surface area contributed by atoms with Crippen LogP contribution in [0.5, 0.6) is 0 Å². The molecule has 0 unspecified atom stereocenters. The van der Waals surface area contributed by atoms with Crippen LogP contribution in [0.2, 0.25) is 0 Å². The van der Waals surface area contributed by atoms with Crippen molar-refractivity contribution in [3.63, 3.8) is 0 Å². The molecule has 0 heterocycles. The van der Waals surface area contributed by atoms with Gasteiger partial charge in [-0.1, -0.05) is 38.1 Å². The molecule has 0 saturated heterocycles. The Morgan fingerprint density at radius 3 is 2.37 bits per heavy atom. The molecule has 1 aromatic carbocycles. The van der Waals surface area contributed by atoms with E-state index in [2.05, 4.69) is 43.4 Å². The van der Waals surface area contributed by atoms with Crippen molar-refractivity contribution in [1.29, 1.82) is 0 Å². The minimum absolute atomic E-state index is 0.197. The van der Waals surface area contributed by atoms with E-state index >= 15 is 0 Å². The Bertz CT molecular complexity index is 382. The quantitative estimate of drug-likeness (QED) is 0.766. The average molecular weight is 262 g/mol. The van der Waals surface area contributed by atoms with Gasteiger partial charge in [0.1, 0.15) is 0 Å².